The van der Waals surface area contributed by atoms with E-state index in [1.165, 1.54) is 0 Å². The molecular formula is C13H18BrNO. The van der Waals surface area contributed by atoms with E-state index in [1.54, 1.807) is 0 Å². The number of alkyl halides is 1. The van der Waals surface area contributed by atoms with E-state index in [0.717, 1.165) is 11.3 Å². The van der Waals surface area contributed by atoms with Crippen LogP contribution in [0.4, 0.5) is 5.69 Å². The molecule has 1 atom stereocenters. The lowest BCUT2D eigenvalue weighted by Gasteiger charge is -2.23. The highest BCUT2D eigenvalue weighted by molar-refractivity contribution is 9.10. The Balaban J connectivity index is 3.01. The summed E-state index contributed by atoms with van der Waals surface area (Å²) in [6.07, 6.45) is 0. The molecular weight excluding hydrogens is 266 g/mol. The number of rotatable bonds is 2. The second-order valence-corrected chi connectivity index (χ2v) is 6.27. The average Bonchev–Trinajstić information content (AvgIpc) is 2.16. The van der Waals surface area contributed by atoms with Gasteiger partial charge >= 0.3 is 0 Å². The van der Waals surface area contributed by atoms with E-state index in [4.69, 9.17) is 0 Å². The van der Waals surface area contributed by atoms with Crippen molar-refractivity contribution in [2.45, 2.75) is 37.9 Å². The third-order valence-electron chi connectivity index (χ3n) is 2.35. The highest BCUT2D eigenvalue weighted by Crippen LogP contribution is 2.29. The van der Waals surface area contributed by atoms with Gasteiger partial charge in [-0.1, -0.05) is 54.9 Å². The van der Waals surface area contributed by atoms with Gasteiger partial charge in [0.05, 0.1) is 4.83 Å². The van der Waals surface area contributed by atoms with Gasteiger partial charge < -0.3 is 5.32 Å². The molecule has 0 aliphatic carbocycles. The van der Waals surface area contributed by atoms with Crippen LogP contribution in [0.3, 0.4) is 0 Å². The fraction of sp³-hybridized carbons (Fsp3) is 0.462. The maximum Gasteiger partial charge on any atom is 0.237 e. The first-order chi connectivity index (χ1) is 7.32. The Kier molecular flexibility index (Phi) is 4.14. The highest BCUT2D eigenvalue weighted by Gasteiger charge is 2.19. The van der Waals surface area contributed by atoms with E-state index in [-0.39, 0.29) is 16.1 Å². The molecule has 0 aliphatic rings. The first-order valence-corrected chi connectivity index (χ1v) is 6.28. The summed E-state index contributed by atoms with van der Waals surface area (Å²) in [6, 6.07) is 7.92. The molecule has 0 spiro atoms. The first-order valence-electron chi connectivity index (χ1n) is 5.37. The Morgan fingerprint density at radius 1 is 1.31 bits per heavy atom. The molecule has 1 aromatic rings. The Bertz CT molecular complexity index is 380. The molecule has 0 heterocycles. The van der Waals surface area contributed by atoms with Crippen molar-refractivity contribution in [1.82, 2.24) is 0 Å². The van der Waals surface area contributed by atoms with E-state index >= 15 is 0 Å². The van der Waals surface area contributed by atoms with Crippen LogP contribution in [-0.4, -0.2) is 10.7 Å². The first kappa shape index (κ1) is 13.2. The molecule has 1 aromatic carbocycles. The minimum atomic E-state index is -0.180. The largest absolute Gasteiger partial charge is 0.325 e. The van der Waals surface area contributed by atoms with Crippen LogP contribution in [0.2, 0.25) is 0 Å². The van der Waals surface area contributed by atoms with Crippen molar-refractivity contribution in [2.75, 3.05) is 5.32 Å². The molecule has 1 rings (SSSR count). The number of anilines is 1. The number of benzene rings is 1. The molecule has 2 nitrogen and oxygen atoms in total. The lowest BCUT2D eigenvalue weighted by molar-refractivity contribution is -0.115. The van der Waals surface area contributed by atoms with Gasteiger partial charge in [-0.2, -0.15) is 0 Å². The smallest absolute Gasteiger partial charge is 0.237 e. The number of carbonyl (C=O) groups excluding carboxylic acids is 1. The summed E-state index contributed by atoms with van der Waals surface area (Å²) in [5, 5.41) is 2.93. The zero-order valence-electron chi connectivity index (χ0n) is 10.2. The predicted molar refractivity (Wildman–Crippen MR) is 72.2 cm³/mol. The van der Waals surface area contributed by atoms with Crippen LogP contribution in [0.15, 0.2) is 24.3 Å². The monoisotopic (exact) mass is 283 g/mol. The number of hydrogen-bond donors (Lipinski definition) is 1. The van der Waals surface area contributed by atoms with E-state index < -0.39 is 0 Å². The fourth-order valence-electron chi connectivity index (χ4n) is 1.48. The van der Waals surface area contributed by atoms with Crippen LogP contribution in [0, 0.1) is 0 Å². The molecule has 0 unspecified atom stereocenters. The third kappa shape index (κ3) is 3.34. The minimum Gasteiger partial charge on any atom is -0.325 e. The normalized spacial score (nSPS) is 13.3. The number of amides is 1. The van der Waals surface area contributed by atoms with Gasteiger partial charge in [0.15, 0.2) is 0 Å². The third-order valence-corrected chi connectivity index (χ3v) is 2.77. The zero-order chi connectivity index (χ0) is 12.3. The van der Waals surface area contributed by atoms with Crippen LogP contribution in [-0.2, 0) is 10.2 Å². The molecule has 0 bridgehead atoms. The number of halogens is 1. The highest BCUT2D eigenvalue weighted by atomic mass is 79.9. The van der Waals surface area contributed by atoms with E-state index in [2.05, 4.69) is 48.1 Å². The SMILES string of the molecule is C[C@H](Br)C(=O)Nc1ccccc1C(C)(C)C. The maximum atomic E-state index is 11.6. The van der Waals surface area contributed by atoms with E-state index in [1.807, 2.05) is 25.1 Å². The number of hydrogen-bond acceptors (Lipinski definition) is 1. The topological polar surface area (TPSA) is 29.1 Å². The molecule has 0 aliphatic heterocycles. The summed E-state index contributed by atoms with van der Waals surface area (Å²) >= 11 is 3.26. The van der Waals surface area contributed by atoms with Crippen molar-refractivity contribution >= 4 is 27.5 Å². The Hall–Kier alpha value is -0.830. The van der Waals surface area contributed by atoms with Crippen molar-refractivity contribution < 1.29 is 4.79 Å². The van der Waals surface area contributed by atoms with Crippen LogP contribution in [0.5, 0.6) is 0 Å². The second kappa shape index (κ2) is 5.00. The lowest BCUT2D eigenvalue weighted by Crippen LogP contribution is -2.23. The van der Waals surface area contributed by atoms with Crippen LogP contribution >= 0.6 is 15.9 Å². The van der Waals surface area contributed by atoms with E-state index in [0.29, 0.717) is 0 Å². The van der Waals surface area contributed by atoms with Crippen LogP contribution in [0.25, 0.3) is 0 Å². The molecule has 1 amide bonds. The van der Waals surface area contributed by atoms with E-state index in [9.17, 15) is 4.79 Å². The molecule has 0 saturated heterocycles. The molecule has 3 heteroatoms. The number of para-hydroxylation sites is 1. The van der Waals surface area contributed by atoms with Crippen molar-refractivity contribution in [1.29, 1.82) is 0 Å². The summed E-state index contributed by atoms with van der Waals surface area (Å²) < 4.78 is 0. The van der Waals surface area contributed by atoms with Crippen LogP contribution in [0.1, 0.15) is 33.3 Å². The minimum absolute atomic E-state index is 0.0169. The van der Waals surface area contributed by atoms with Gasteiger partial charge in [0.1, 0.15) is 0 Å². The molecule has 88 valence electrons. The molecule has 0 saturated carbocycles. The number of nitrogens with one attached hydrogen (secondary N) is 1. The second-order valence-electron chi connectivity index (χ2n) is 4.90. The quantitative estimate of drug-likeness (QED) is 0.824. The Morgan fingerprint density at radius 3 is 2.38 bits per heavy atom. The van der Waals surface area contributed by atoms with Crippen molar-refractivity contribution in [3.63, 3.8) is 0 Å². The van der Waals surface area contributed by atoms with Gasteiger partial charge in [-0.05, 0) is 24.0 Å². The molecule has 16 heavy (non-hydrogen) atoms. The van der Waals surface area contributed by atoms with Crippen LogP contribution < -0.4 is 5.32 Å². The number of carbonyl (C=O) groups is 1. The summed E-state index contributed by atoms with van der Waals surface area (Å²) in [4.78, 5) is 11.5. The summed E-state index contributed by atoms with van der Waals surface area (Å²) in [5.74, 6) is -0.0169. The van der Waals surface area contributed by atoms with Crippen molar-refractivity contribution in [3.8, 4) is 0 Å². The van der Waals surface area contributed by atoms with Gasteiger partial charge in [0.2, 0.25) is 5.91 Å². The molecule has 0 aromatic heterocycles. The maximum absolute atomic E-state index is 11.6. The van der Waals surface area contributed by atoms with Gasteiger partial charge in [-0.3, -0.25) is 4.79 Å². The Morgan fingerprint density at radius 2 is 1.88 bits per heavy atom. The van der Waals surface area contributed by atoms with Gasteiger partial charge in [0, 0.05) is 5.69 Å². The zero-order valence-corrected chi connectivity index (χ0v) is 11.8. The standard InChI is InChI=1S/C13H18BrNO/c1-9(14)12(16)15-11-8-6-5-7-10(11)13(2,3)4/h5-9H,1-4H3,(H,15,16)/t9-/m0/s1. The van der Waals surface area contributed by atoms with Crippen molar-refractivity contribution in [2.24, 2.45) is 0 Å². The molecule has 0 fully saturated rings. The fourth-order valence-corrected chi connectivity index (χ4v) is 1.59. The van der Waals surface area contributed by atoms with Crippen molar-refractivity contribution in [3.05, 3.63) is 29.8 Å². The molecule has 1 N–H and O–H groups in total. The summed E-state index contributed by atoms with van der Waals surface area (Å²) in [7, 11) is 0. The average molecular weight is 284 g/mol. The lowest BCUT2D eigenvalue weighted by atomic mass is 9.86. The molecule has 0 radical (unpaired) electrons. The van der Waals surface area contributed by atoms with Gasteiger partial charge in [-0.25, -0.2) is 0 Å². The van der Waals surface area contributed by atoms with Gasteiger partial charge in [0.25, 0.3) is 0 Å². The summed E-state index contributed by atoms with van der Waals surface area (Å²) in [5.41, 5.74) is 2.07. The van der Waals surface area contributed by atoms with Gasteiger partial charge in [-0.15, -0.1) is 0 Å². The predicted octanol–water partition coefficient (Wildman–Crippen LogP) is 3.71. The Labute approximate surface area is 106 Å². The summed E-state index contributed by atoms with van der Waals surface area (Å²) in [6.45, 7) is 8.22.